The van der Waals surface area contributed by atoms with E-state index in [1.807, 2.05) is 6.92 Å². The molecule has 0 radical (unpaired) electrons. The number of nitrogens with zero attached hydrogens (tertiary/aromatic N) is 2. The van der Waals surface area contributed by atoms with Gasteiger partial charge in [0.15, 0.2) is 0 Å². The zero-order chi connectivity index (χ0) is 14.8. The molecule has 0 fully saturated rings. The lowest BCUT2D eigenvalue weighted by atomic mass is 10.0. The highest BCUT2D eigenvalue weighted by Crippen LogP contribution is 2.16. The summed E-state index contributed by atoms with van der Waals surface area (Å²) < 4.78 is 0. The Labute approximate surface area is 125 Å². The second-order valence-electron chi connectivity index (χ2n) is 5.91. The van der Waals surface area contributed by atoms with E-state index in [4.69, 9.17) is 0 Å². The zero-order valence-corrected chi connectivity index (χ0v) is 14.0. The summed E-state index contributed by atoms with van der Waals surface area (Å²) in [5, 5.41) is 0. The summed E-state index contributed by atoms with van der Waals surface area (Å²) in [5.41, 5.74) is 3.93. The Kier molecular flexibility index (Phi) is 8.48. The molecular formula is C18H32N2. The monoisotopic (exact) mass is 276 g/mol. The fourth-order valence-electron chi connectivity index (χ4n) is 2.68. The molecule has 0 saturated heterocycles. The van der Waals surface area contributed by atoms with Gasteiger partial charge in [0.1, 0.15) is 5.82 Å². The van der Waals surface area contributed by atoms with Crippen LogP contribution in [0.25, 0.3) is 0 Å². The van der Waals surface area contributed by atoms with Crippen LogP contribution in [-0.4, -0.2) is 9.97 Å². The average molecular weight is 276 g/mol. The molecule has 0 atom stereocenters. The van der Waals surface area contributed by atoms with Crippen LogP contribution in [0.4, 0.5) is 0 Å². The molecule has 0 N–H and O–H groups in total. The van der Waals surface area contributed by atoms with E-state index in [-0.39, 0.29) is 0 Å². The molecule has 0 aliphatic carbocycles. The molecule has 0 aliphatic rings. The van der Waals surface area contributed by atoms with Crippen molar-refractivity contribution in [1.29, 1.82) is 0 Å². The standard InChI is InChI=1S/C18H32N2/c1-5-7-9-11-13-17-15(3)18(20-16(4)19-17)14-12-10-8-6-2/h5-14H2,1-4H3. The minimum Gasteiger partial charge on any atom is -0.238 e. The molecule has 0 bridgehead atoms. The third-order valence-electron chi connectivity index (χ3n) is 3.99. The van der Waals surface area contributed by atoms with Gasteiger partial charge in [0.25, 0.3) is 0 Å². The lowest BCUT2D eigenvalue weighted by molar-refractivity contribution is 0.643. The first-order valence-corrected chi connectivity index (χ1v) is 8.52. The van der Waals surface area contributed by atoms with Crippen LogP contribution in [0.2, 0.25) is 0 Å². The van der Waals surface area contributed by atoms with E-state index in [2.05, 4.69) is 30.7 Å². The van der Waals surface area contributed by atoms with Gasteiger partial charge < -0.3 is 0 Å². The predicted molar refractivity (Wildman–Crippen MR) is 87.2 cm³/mol. The first kappa shape index (κ1) is 17.1. The smallest absolute Gasteiger partial charge is 0.125 e. The lowest BCUT2D eigenvalue weighted by Crippen LogP contribution is -2.06. The third kappa shape index (κ3) is 6.02. The molecule has 0 amide bonds. The minimum atomic E-state index is 0.951. The molecule has 0 saturated carbocycles. The molecule has 2 nitrogen and oxygen atoms in total. The first-order valence-electron chi connectivity index (χ1n) is 8.52. The van der Waals surface area contributed by atoms with E-state index in [1.165, 1.54) is 68.3 Å². The van der Waals surface area contributed by atoms with Crippen LogP contribution in [0.3, 0.4) is 0 Å². The van der Waals surface area contributed by atoms with Crippen LogP contribution in [0.5, 0.6) is 0 Å². The van der Waals surface area contributed by atoms with Crippen molar-refractivity contribution in [3.8, 4) is 0 Å². The van der Waals surface area contributed by atoms with E-state index in [1.54, 1.807) is 0 Å². The minimum absolute atomic E-state index is 0.951. The van der Waals surface area contributed by atoms with Gasteiger partial charge in [0.05, 0.1) is 0 Å². The summed E-state index contributed by atoms with van der Waals surface area (Å²) in [6.07, 6.45) is 12.7. The lowest BCUT2D eigenvalue weighted by Gasteiger charge is -2.11. The highest BCUT2D eigenvalue weighted by atomic mass is 14.9. The summed E-state index contributed by atoms with van der Waals surface area (Å²) in [6.45, 7) is 8.76. The van der Waals surface area contributed by atoms with Crippen molar-refractivity contribution < 1.29 is 0 Å². The molecule has 1 aromatic rings. The second-order valence-corrected chi connectivity index (χ2v) is 5.91. The molecule has 114 valence electrons. The summed E-state index contributed by atoms with van der Waals surface area (Å²) in [6, 6.07) is 0. The zero-order valence-electron chi connectivity index (χ0n) is 14.0. The quantitative estimate of drug-likeness (QED) is 0.539. The highest BCUT2D eigenvalue weighted by molar-refractivity contribution is 5.24. The molecule has 1 rings (SSSR count). The van der Waals surface area contributed by atoms with E-state index in [0.29, 0.717) is 0 Å². The van der Waals surface area contributed by atoms with Crippen molar-refractivity contribution >= 4 is 0 Å². The van der Waals surface area contributed by atoms with Gasteiger partial charge in [-0.1, -0.05) is 52.4 Å². The average Bonchev–Trinajstić information content (AvgIpc) is 2.44. The van der Waals surface area contributed by atoms with E-state index < -0.39 is 0 Å². The van der Waals surface area contributed by atoms with E-state index in [0.717, 1.165) is 18.7 Å². The van der Waals surface area contributed by atoms with Crippen LogP contribution in [0.1, 0.15) is 88.0 Å². The molecule has 1 aromatic heterocycles. The number of rotatable bonds is 10. The van der Waals surface area contributed by atoms with Gasteiger partial charge in [-0.2, -0.15) is 0 Å². The Hall–Kier alpha value is -0.920. The topological polar surface area (TPSA) is 25.8 Å². The Bertz CT molecular complexity index is 352. The highest BCUT2D eigenvalue weighted by Gasteiger charge is 2.08. The van der Waals surface area contributed by atoms with Crippen molar-refractivity contribution in [3.05, 3.63) is 22.8 Å². The Morgan fingerprint density at radius 1 is 0.650 bits per heavy atom. The molecule has 1 heterocycles. The van der Waals surface area contributed by atoms with Crippen molar-refractivity contribution in [2.24, 2.45) is 0 Å². The summed E-state index contributed by atoms with van der Waals surface area (Å²) in [4.78, 5) is 9.33. The van der Waals surface area contributed by atoms with Crippen molar-refractivity contribution in [2.75, 3.05) is 0 Å². The maximum atomic E-state index is 4.66. The van der Waals surface area contributed by atoms with Gasteiger partial charge in [0.2, 0.25) is 0 Å². The van der Waals surface area contributed by atoms with Gasteiger partial charge in [-0.05, 0) is 45.1 Å². The van der Waals surface area contributed by atoms with Gasteiger partial charge in [-0.3, -0.25) is 0 Å². The Morgan fingerprint density at radius 3 is 1.50 bits per heavy atom. The molecule has 2 heteroatoms. The van der Waals surface area contributed by atoms with Crippen molar-refractivity contribution in [1.82, 2.24) is 9.97 Å². The van der Waals surface area contributed by atoms with Crippen LogP contribution in [0, 0.1) is 13.8 Å². The Balaban J connectivity index is 2.59. The van der Waals surface area contributed by atoms with Crippen molar-refractivity contribution in [3.63, 3.8) is 0 Å². The van der Waals surface area contributed by atoms with E-state index in [9.17, 15) is 0 Å². The number of aromatic nitrogens is 2. The summed E-state index contributed by atoms with van der Waals surface area (Å²) in [7, 11) is 0. The van der Waals surface area contributed by atoms with E-state index >= 15 is 0 Å². The Morgan fingerprint density at radius 2 is 1.10 bits per heavy atom. The predicted octanol–water partition coefficient (Wildman–Crippen LogP) is 5.34. The molecule has 0 aromatic carbocycles. The van der Waals surface area contributed by atoms with Gasteiger partial charge in [-0.25, -0.2) is 9.97 Å². The van der Waals surface area contributed by atoms with Crippen LogP contribution < -0.4 is 0 Å². The fraction of sp³-hybridized carbons (Fsp3) is 0.778. The fourth-order valence-corrected chi connectivity index (χ4v) is 2.68. The molecular weight excluding hydrogens is 244 g/mol. The van der Waals surface area contributed by atoms with Gasteiger partial charge in [-0.15, -0.1) is 0 Å². The van der Waals surface area contributed by atoms with Crippen LogP contribution >= 0.6 is 0 Å². The number of aryl methyl sites for hydroxylation is 3. The van der Waals surface area contributed by atoms with Gasteiger partial charge >= 0.3 is 0 Å². The number of unbranched alkanes of at least 4 members (excludes halogenated alkanes) is 6. The normalized spacial score (nSPS) is 11.0. The molecule has 20 heavy (non-hydrogen) atoms. The van der Waals surface area contributed by atoms with Gasteiger partial charge in [0, 0.05) is 11.4 Å². The largest absolute Gasteiger partial charge is 0.238 e. The second kappa shape index (κ2) is 9.90. The number of hydrogen-bond donors (Lipinski definition) is 0. The molecule has 0 spiro atoms. The summed E-state index contributed by atoms with van der Waals surface area (Å²) >= 11 is 0. The summed E-state index contributed by atoms with van der Waals surface area (Å²) in [5.74, 6) is 0.951. The SMILES string of the molecule is CCCCCCc1nc(C)nc(CCCCCC)c1C. The maximum Gasteiger partial charge on any atom is 0.125 e. The van der Waals surface area contributed by atoms with Crippen LogP contribution in [0.15, 0.2) is 0 Å². The molecule has 0 unspecified atom stereocenters. The maximum absolute atomic E-state index is 4.66. The first-order chi connectivity index (χ1) is 9.69. The third-order valence-corrected chi connectivity index (χ3v) is 3.99. The van der Waals surface area contributed by atoms with Crippen LogP contribution in [-0.2, 0) is 12.8 Å². The van der Waals surface area contributed by atoms with Crippen molar-refractivity contribution in [2.45, 2.75) is 91.9 Å². The molecule has 0 aliphatic heterocycles. The number of hydrogen-bond acceptors (Lipinski definition) is 2.